The molecule has 1 N–H and O–H groups in total. The van der Waals surface area contributed by atoms with E-state index in [0.29, 0.717) is 12.8 Å². The first-order valence-electron chi connectivity index (χ1n) is 7.65. The highest BCUT2D eigenvalue weighted by Gasteiger charge is 2.30. The second-order valence-corrected chi connectivity index (χ2v) is 7.54. The van der Waals surface area contributed by atoms with Crippen LogP contribution in [0.3, 0.4) is 0 Å². The summed E-state index contributed by atoms with van der Waals surface area (Å²) in [6.45, 7) is 3.27. The quantitative estimate of drug-likeness (QED) is 0.682. The normalized spacial score (nSPS) is 22.8. The lowest BCUT2D eigenvalue weighted by Gasteiger charge is -2.25. The number of rotatable bonds is 4. The number of esters is 1. The molecule has 1 aliphatic rings. The molecular weight excluding hydrogens is 302 g/mol. The minimum atomic E-state index is -3.60. The molecule has 22 heavy (non-hydrogen) atoms. The number of hydrogen-bond donors (Lipinski definition) is 1. The zero-order valence-electron chi connectivity index (χ0n) is 13.0. The Morgan fingerprint density at radius 1 is 1.14 bits per heavy atom. The summed E-state index contributed by atoms with van der Waals surface area (Å²) in [5.41, 5.74) is 1.01. The highest BCUT2D eigenvalue weighted by Crippen LogP contribution is 2.23. The van der Waals surface area contributed by atoms with Crippen molar-refractivity contribution in [3.05, 3.63) is 29.8 Å². The van der Waals surface area contributed by atoms with Crippen LogP contribution in [0.15, 0.2) is 29.2 Å². The predicted octanol–water partition coefficient (Wildman–Crippen LogP) is 2.54. The molecule has 6 heteroatoms. The molecule has 0 spiro atoms. The Bertz CT molecular complexity index is 610. The van der Waals surface area contributed by atoms with Crippen molar-refractivity contribution >= 4 is 16.0 Å². The first-order valence-corrected chi connectivity index (χ1v) is 9.13. The van der Waals surface area contributed by atoms with Gasteiger partial charge in [0.25, 0.3) is 0 Å². The maximum atomic E-state index is 12.5. The van der Waals surface area contributed by atoms with Crippen LogP contribution in [0.1, 0.15) is 44.6 Å². The Hall–Kier alpha value is -1.40. The smallest absolute Gasteiger partial charge is 0.302 e. The summed E-state index contributed by atoms with van der Waals surface area (Å²) in [4.78, 5) is 11.5. The summed E-state index contributed by atoms with van der Waals surface area (Å²) in [7, 11) is -3.60. The number of ether oxygens (including phenoxy) is 1. The van der Waals surface area contributed by atoms with E-state index in [-0.39, 0.29) is 23.0 Å². The molecule has 0 aromatic heterocycles. The Kier molecular flexibility index (Phi) is 5.58. The largest absolute Gasteiger partial charge is 0.461 e. The summed E-state index contributed by atoms with van der Waals surface area (Å²) in [6, 6.07) is 6.36. The van der Waals surface area contributed by atoms with Crippen LogP contribution in [0.4, 0.5) is 0 Å². The lowest BCUT2D eigenvalue weighted by Crippen LogP contribution is -2.44. The molecule has 122 valence electrons. The van der Waals surface area contributed by atoms with Crippen LogP contribution in [0.2, 0.25) is 0 Å². The zero-order chi connectivity index (χ0) is 16.2. The average molecular weight is 325 g/mol. The van der Waals surface area contributed by atoms with Crippen LogP contribution in [-0.4, -0.2) is 26.5 Å². The lowest BCUT2D eigenvalue weighted by atomic mass is 10.1. The van der Waals surface area contributed by atoms with Crippen LogP contribution in [-0.2, 0) is 19.6 Å². The summed E-state index contributed by atoms with van der Waals surface area (Å²) in [5, 5.41) is 0. The number of nitrogens with one attached hydrogen (secondary N) is 1. The van der Waals surface area contributed by atoms with Crippen molar-refractivity contribution in [2.24, 2.45) is 0 Å². The van der Waals surface area contributed by atoms with Gasteiger partial charge in [0.15, 0.2) is 0 Å². The predicted molar refractivity (Wildman–Crippen MR) is 83.9 cm³/mol. The van der Waals surface area contributed by atoms with E-state index in [1.807, 2.05) is 6.92 Å². The fourth-order valence-corrected chi connectivity index (χ4v) is 4.05. The molecule has 0 bridgehead atoms. The van der Waals surface area contributed by atoms with Crippen molar-refractivity contribution in [1.29, 1.82) is 0 Å². The molecular formula is C16H23NO4S. The van der Waals surface area contributed by atoms with E-state index in [0.717, 1.165) is 24.8 Å². The number of hydrogen-bond acceptors (Lipinski definition) is 4. The molecule has 2 atom stereocenters. The highest BCUT2D eigenvalue weighted by atomic mass is 32.2. The van der Waals surface area contributed by atoms with Gasteiger partial charge in [-0.1, -0.05) is 30.5 Å². The van der Waals surface area contributed by atoms with E-state index in [2.05, 4.69) is 4.72 Å². The Labute approximate surface area is 132 Å². The third-order valence-electron chi connectivity index (χ3n) is 3.91. The second-order valence-electron chi connectivity index (χ2n) is 5.83. The van der Waals surface area contributed by atoms with Crippen molar-refractivity contribution in [2.75, 3.05) is 0 Å². The molecule has 5 nitrogen and oxygen atoms in total. The lowest BCUT2D eigenvalue weighted by molar-refractivity contribution is -0.147. The SMILES string of the molecule is CC(=O)O[C@H]1CCCCC[C@@H]1NS(=O)(=O)c1ccc(C)cc1. The van der Waals surface area contributed by atoms with Crippen LogP contribution < -0.4 is 4.72 Å². The van der Waals surface area contributed by atoms with Crippen molar-refractivity contribution in [3.63, 3.8) is 0 Å². The molecule has 0 saturated heterocycles. The molecule has 0 unspecified atom stereocenters. The van der Waals surface area contributed by atoms with Crippen LogP contribution in [0.5, 0.6) is 0 Å². The molecule has 1 fully saturated rings. The molecule has 1 aromatic rings. The Morgan fingerprint density at radius 3 is 2.41 bits per heavy atom. The first kappa shape index (κ1) is 17.0. The van der Waals surface area contributed by atoms with Gasteiger partial charge in [-0.25, -0.2) is 13.1 Å². The number of carbonyl (C=O) groups excluding carboxylic acids is 1. The van der Waals surface area contributed by atoms with Gasteiger partial charge in [0.1, 0.15) is 6.10 Å². The van der Waals surface area contributed by atoms with Gasteiger partial charge in [-0.05, 0) is 38.3 Å². The van der Waals surface area contributed by atoms with Gasteiger partial charge in [-0.2, -0.15) is 0 Å². The fraction of sp³-hybridized carbons (Fsp3) is 0.562. The first-order chi connectivity index (χ1) is 10.4. The summed E-state index contributed by atoms with van der Waals surface area (Å²) < 4.78 is 33.0. The Balaban J connectivity index is 2.17. The van der Waals surface area contributed by atoms with E-state index in [9.17, 15) is 13.2 Å². The van der Waals surface area contributed by atoms with Crippen molar-refractivity contribution in [2.45, 2.75) is 63.0 Å². The van der Waals surface area contributed by atoms with Gasteiger partial charge < -0.3 is 4.74 Å². The summed E-state index contributed by atoms with van der Waals surface area (Å²) in [5.74, 6) is -0.369. The van der Waals surface area contributed by atoms with Crippen molar-refractivity contribution in [1.82, 2.24) is 4.72 Å². The number of carbonyl (C=O) groups is 1. The van der Waals surface area contributed by atoms with E-state index in [4.69, 9.17) is 4.74 Å². The fourth-order valence-electron chi connectivity index (χ4n) is 2.75. The van der Waals surface area contributed by atoms with E-state index in [1.165, 1.54) is 6.92 Å². The molecule has 0 radical (unpaired) electrons. The molecule has 1 aliphatic carbocycles. The standard InChI is InChI=1S/C16H23NO4S/c1-12-8-10-14(11-9-12)22(19,20)17-15-6-4-3-5-7-16(15)21-13(2)18/h8-11,15-17H,3-7H2,1-2H3/t15-,16-/m0/s1. The highest BCUT2D eigenvalue weighted by molar-refractivity contribution is 7.89. The van der Waals surface area contributed by atoms with E-state index < -0.39 is 10.0 Å². The van der Waals surface area contributed by atoms with Gasteiger partial charge >= 0.3 is 5.97 Å². The summed E-state index contributed by atoms with van der Waals surface area (Å²) >= 11 is 0. The molecule has 0 aliphatic heterocycles. The maximum Gasteiger partial charge on any atom is 0.302 e. The molecule has 0 amide bonds. The van der Waals surface area contributed by atoms with Gasteiger partial charge in [0.05, 0.1) is 10.9 Å². The maximum absolute atomic E-state index is 12.5. The van der Waals surface area contributed by atoms with Gasteiger partial charge in [0.2, 0.25) is 10.0 Å². The minimum absolute atomic E-state index is 0.240. The van der Waals surface area contributed by atoms with Gasteiger partial charge in [0, 0.05) is 6.92 Å². The van der Waals surface area contributed by atoms with E-state index in [1.54, 1.807) is 24.3 Å². The minimum Gasteiger partial charge on any atom is -0.461 e. The van der Waals surface area contributed by atoms with Crippen molar-refractivity contribution in [3.8, 4) is 0 Å². The molecule has 2 rings (SSSR count). The monoisotopic (exact) mass is 325 g/mol. The van der Waals surface area contributed by atoms with Gasteiger partial charge in [-0.15, -0.1) is 0 Å². The van der Waals surface area contributed by atoms with Crippen LogP contribution >= 0.6 is 0 Å². The molecule has 1 aromatic carbocycles. The van der Waals surface area contributed by atoms with Crippen LogP contribution in [0.25, 0.3) is 0 Å². The Morgan fingerprint density at radius 2 is 1.77 bits per heavy atom. The van der Waals surface area contributed by atoms with E-state index >= 15 is 0 Å². The molecule has 0 heterocycles. The second kappa shape index (κ2) is 7.24. The van der Waals surface area contributed by atoms with Crippen LogP contribution in [0, 0.1) is 6.92 Å². The third-order valence-corrected chi connectivity index (χ3v) is 5.41. The number of aryl methyl sites for hydroxylation is 1. The molecule has 1 saturated carbocycles. The third kappa shape index (κ3) is 4.55. The average Bonchev–Trinajstić information content (AvgIpc) is 2.64. The topological polar surface area (TPSA) is 72.5 Å². The van der Waals surface area contributed by atoms with Crippen molar-refractivity contribution < 1.29 is 17.9 Å². The number of sulfonamides is 1. The number of benzene rings is 1. The zero-order valence-corrected chi connectivity index (χ0v) is 13.9. The van der Waals surface area contributed by atoms with Gasteiger partial charge in [-0.3, -0.25) is 4.79 Å². The summed E-state index contributed by atoms with van der Waals surface area (Å²) in [6.07, 6.45) is 3.89.